The molecule has 0 saturated heterocycles. The summed E-state index contributed by atoms with van der Waals surface area (Å²) in [6, 6.07) is 8.54. The lowest BCUT2D eigenvalue weighted by Crippen LogP contribution is -2.02. The largest absolute Gasteiger partial charge is 0.379 e. The summed E-state index contributed by atoms with van der Waals surface area (Å²) >= 11 is 11.9. The fourth-order valence-electron chi connectivity index (χ4n) is 1.64. The van der Waals surface area contributed by atoms with E-state index in [0.29, 0.717) is 15.6 Å². The van der Waals surface area contributed by atoms with Crippen LogP contribution in [-0.4, -0.2) is 4.92 Å². The summed E-state index contributed by atoms with van der Waals surface area (Å²) in [5, 5.41) is 14.1. The first-order valence-corrected chi connectivity index (χ1v) is 6.35. The highest BCUT2D eigenvalue weighted by atomic mass is 35.5. The van der Waals surface area contributed by atoms with Crippen LogP contribution >= 0.6 is 23.2 Å². The maximum Gasteiger partial charge on any atom is 0.272 e. The van der Waals surface area contributed by atoms with Crippen molar-refractivity contribution in [3.63, 3.8) is 0 Å². The normalized spacial score (nSPS) is 10.3. The van der Waals surface area contributed by atoms with Crippen molar-refractivity contribution in [2.75, 3.05) is 5.32 Å². The Kier molecular flexibility index (Phi) is 4.42. The van der Waals surface area contributed by atoms with Gasteiger partial charge in [0.15, 0.2) is 5.82 Å². The molecule has 0 saturated carbocycles. The quantitative estimate of drug-likeness (QED) is 0.660. The molecule has 0 aliphatic rings. The van der Waals surface area contributed by atoms with E-state index in [1.807, 2.05) is 0 Å². The molecule has 0 atom stereocenters. The van der Waals surface area contributed by atoms with Crippen LogP contribution in [0.25, 0.3) is 0 Å². The van der Waals surface area contributed by atoms with Gasteiger partial charge < -0.3 is 5.32 Å². The summed E-state index contributed by atoms with van der Waals surface area (Å²) in [6.07, 6.45) is 0. The Morgan fingerprint density at radius 1 is 1.25 bits per heavy atom. The van der Waals surface area contributed by atoms with Crippen LogP contribution < -0.4 is 5.32 Å². The maximum absolute atomic E-state index is 13.7. The fourth-order valence-corrected chi connectivity index (χ4v) is 2.02. The summed E-state index contributed by atoms with van der Waals surface area (Å²) in [5.74, 6) is -0.697. The first-order valence-electron chi connectivity index (χ1n) is 5.59. The van der Waals surface area contributed by atoms with Gasteiger partial charge >= 0.3 is 0 Å². The molecule has 0 heterocycles. The van der Waals surface area contributed by atoms with Crippen molar-refractivity contribution in [3.8, 4) is 0 Å². The van der Waals surface area contributed by atoms with Gasteiger partial charge in [-0.3, -0.25) is 10.1 Å². The van der Waals surface area contributed by atoms with Crippen LogP contribution in [0.4, 0.5) is 15.8 Å². The molecule has 1 N–H and O–H groups in total. The van der Waals surface area contributed by atoms with Crippen LogP contribution in [0, 0.1) is 15.9 Å². The highest BCUT2D eigenvalue weighted by molar-refractivity contribution is 6.42. The minimum Gasteiger partial charge on any atom is -0.379 e. The minimum absolute atomic E-state index is 0.159. The topological polar surface area (TPSA) is 55.2 Å². The van der Waals surface area contributed by atoms with Gasteiger partial charge in [-0.1, -0.05) is 35.3 Å². The van der Waals surface area contributed by atoms with E-state index in [9.17, 15) is 14.5 Å². The number of hydrogen-bond acceptors (Lipinski definition) is 3. The Morgan fingerprint density at radius 2 is 2.00 bits per heavy atom. The number of benzene rings is 2. The maximum atomic E-state index is 13.7. The first kappa shape index (κ1) is 14.6. The number of nitrogens with one attached hydrogen (secondary N) is 1. The zero-order valence-electron chi connectivity index (χ0n) is 10.1. The zero-order valence-corrected chi connectivity index (χ0v) is 11.6. The molecule has 2 aromatic rings. The Hall–Kier alpha value is -1.85. The van der Waals surface area contributed by atoms with Gasteiger partial charge in [-0.2, -0.15) is 0 Å². The summed E-state index contributed by atoms with van der Waals surface area (Å²) in [4.78, 5) is 9.86. The van der Waals surface area contributed by atoms with E-state index < -0.39 is 10.7 Å². The Balaban J connectivity index is 2.15. The van der Waals surface area contributed by atoms with Gasteiger partial charge in [0.1, 0.15) is 0 Å². The van der Waals surface area contributed by atoms with E-state index in [-0.39, 0.29) is 17.9 Å². The predicted molar refractivity (Wildman–Crippen MR) is 76.8 cm³/mol. The Labute approximate surface area is 124 Å². The number of nitro benzene ring substituents is 1. The Morgan fingerprint density at radius 3 is 2.65 bits per heavy atom. The van der Waals surface area contributed by atoms with Crippen molar-refractivity contribution in [2.24, 2.45) is 0 Å². The van der Waals surface area contributed by atoms with Gasteiger partial charge in [0.25, 0.3) is 5.69 Å². The Bertz CT molecular complexity index is 665. The number of nitrogens with zero attached hydrogens (tertiary/aromatic N) is 1. The molecule has 0 aliphatic carbocycles. The van der Waals surface area contributed by atoms with Gasteiger partial charge in [0.05, 0.1) is 26.7 Å². The van der Waals surface area contributed by atoms with E-state index in [1.54, 1.807) is 18.2 Å². The smallest absolute Gasteiger partial charge is 0.272 e. The van der Waals surface area contributed by atoms with E-state index in [1.165, 1.54) is 12.1 Å². The fraction of sp³-hybridized carbons (Fsp3) is 0.0769. The van der Waals surface area contributed by atoms with Gasteiger partial charge in [-0.25, -0.2) is 4.39 Å². The van der Waals surface area contributed by atoms with Crippen molar-refractivity contribution in [2.45, 2.75) is 6.54 Å². The van der Waals surface area contributed by atoms with Crippen LogP contribution in [0.3, 0.4) is 0 Å². The molecule has 2 rings (SSSR count). The minimum atomic E-state index is -0.697. The van der Waals surface area contributed by atoms with Crippen LogP contribution in [0.1, 0.15) is 5.56 Å². The number of rotatable bonds is 4. The van der Waals surface area contributed by atoms with Crippen LogP contribution in [0.15, 0.2) is 36.4 Å². The average molecular weight is 315 g/mol. The number of non-ortho nitro benzene ring substituents is 1. The van der Waals surface area contributed by atoms with Gasteiger partial charge in [0, 0.05) is 12.6 Å². The first-order chi connectivity index (χ1) is 9.49. The molecule has 0 bridgehead atoms. The second kappa shape index (κ2) is 6.07. The third-order valence-electron chi connectivity index (χ3n) is 2.66. The molecular formula is C13H9Cl2FN2O2. The lowest BCUT2D eigenvalue weighted by atomic mass is 10.2. The zero-order chi connectivity index (χ0) is 14.7. The standard InChI is InChI=1S/C13H9Cl2FN2O2/c14-10-3-1-2-8(13(10)15)7-17-12-5-4-9(18(19)20)6-11(12)16/h1-6,17H,7H2. The molecule has 4 nitrogen and oxygen atoms in total. The van der Waals surface area contributed by atoms with Crippen molar-refractivity contribution < 1.29 is 9.31 Å². The monoisotopic (exact) mass is 314 g/mol. The van der Waals surface area contributed by atoms with E-state index >= 15 is 0 Å². The van der Waals surface area contributed by atoms with Gasteiger partial charge in [-0.05, 0) is 17.7 Å². The molecular weight excluding hydrogens is 306 g/mol. The molecule has 0 aliphatic heterocycles. The SMILES string of the molecule is O=[N+]([O-])c1ccc(NCc2cccc(Cl)c2Cl)c(F)c1. The second-order valence-electron chi connectivity index (χ2n) is 3.99. The lowest BCUT2D eigenvalue weighted by molar-refractivity contribution is -0.385. The van der Waals surface area contributed by atoms with Crippen LogP contribution in [0.2, 0.25) is 10.0 Å². The predicted octanol–water partition coefficient (Wildman–Crippen LogP) is 4.65. The van der Waals surface area contributed by atoms with Crippen molar-refractivity contribution in [1.82, 2.24) is 0 Å². The molecule has 7 heteroatoms. The summed E-state index contributed by atoms with van der Waals surface area (Å²) in [7, 11) is 0. The lowest BCUT2D eigenvalue weighted by Gasteiger charge is -2.09. The molecule has 104 valence electrons. The summed E-state index contributed by atoms with van der Waals surface area (Å²) in [6.45, 7) is 0.258. The molecule has 2 aromatic carbocycles. The highest BCUT2D eigenvalue weighted by Gasteiger charge is 2.11. The second-order valence-corrected chi connectivity index (χ2v) is 4.77. The molecule has 20 heavy (non-hydrogen) atoms. The van der Waals surface area contributed by atoms with Crippen molar-refractivity contribution >= 4 is 34.6 Å². The van der Waals surface area contributed by atoms with E-state index in [4.69, 9.17) is 23.2 Å². The molecule has 0 amide bonds. The van der Waals surface area contributed by atoms with Gasteiger partial charge in [0.2, 0.25) is 0 Å². The van der Waals surface area contributed by atoms with E-state index in [0.717, 1.165) is 6.07 Å². The van der Waals surface area contributed by atoms with Crippen molar-refractivity contribution in [3.05, 3.63) is 67.9 Å². The molecule has 0 unspecified atom stereocenters. The average Bonchev–Trinajstić information content (AvgIpc) is 2.41. The summed E-state index contributed by atoms with van der Waals surface area (Å²) < 4.78 is 13.7. The van der Waals surface area contributed by atoms with Crippen LogP contribution in [-0.2, 0) is 6.54 Å². The molecule has 0 aromatic heterocycles. The molecule has 0 spiro atoms. The third-order valence-corrected chi connectivity index (χ3v) is 3.52. The molecule has 0 radical (unpaired) electrons. The highest BCUT2D eigenvalue weighted by Crippen LogP contribution is 2.27. The van der Waals surface area contributed by atoms with Gasteiger partial charge in [-0.15, -0.1) is 0 Å². The number of anilines is 1. The number of halogens is 3. The number of hydrogen-bond donors (Lipinski definition) is 1. The summed E-state index contributed by atoms with van der Waals surface area (Å²) in [5.41, 5.74) is 0.567. The molecule has 0 fully saturated rings. The van der Waals surface area contributed by atoms with Crippen molar-refractivity contribution in [1.29, 1.82) is 0 Å². The number of nitro groups is 1. The van der Waals surface area contributed by atoms with E-state index in [2.05, 4.69) is 5.32 Å². The van der Waals surface area contributed by atoms with Crippen LogP contribution in [0.5, 0.6) is 0 Å². The third kappa shape index (κ3) is 3.18.